The van der Waals surface area contributed by atoms with Crippen molar-refractivity contribution in [3.8, 4) is 0 Å². The molecule has 1 saturated heterocycles. The Hall–Kier alpha value is -0.110. The van der Waals surface area contributed by atoms with Crippen LogP contribution in [0.1, 0.15) is 33.6 Å². The summed E-state index contributed by atoms with van der Waals surface area (Å²) in [7, 11) is 0. The largest absolute Gasteiger partial charge is 0.295 e. The van der Waals surface area contributed by atoms with E-state index in [1.54, 1.807) is 0 Å². The maximum absolute atomic E-state index is 12.9. The molecule has 0 aromatic carbocycles. The average Bonchev–Trinajstić information content (AvgIpc) is 2.30. The first-order valence-electron chi connectivity index (χ1n) is 4.55. The van der Waals surface area contributed by atoms with Crippen LogP contribution < -0.4 is 0 Å². The smallest absolute Gasteiger partial charge is 0.114 e. The summed E-state index contributed by atoms with van der Waals surface area (Å²) in [4.78, 5) is 2.27. The van der Waals surface area contributed by atoms with E-state index in [2.05, 4.69) is 25.7 Å². The van der Waals surface area contributed by atoms with Crippen LogP contribution in [0.4, 0.5) is 4.39 Å². The molecule has 66 valence electrons. The highest BCUT2D eigenvalue weighted by molar-refractivity contribution is 4.86. The Morgan fingerprint density at radius 2 is 2.18 bits per heavy atom. The van der Waals surface area contributed by atoms with E-state index in [4.69, 9.17) is 0 Å². The third kappa shape index (κ3) is 1.92. The Morgan fingerprint density at radius 1 is 1.55 bits per heavy atom. The number of hydrogen-bond donors (Lipinski definition) is 0. The van der Waals surface area contributed by atoms with Gasteiger partial charge in [-0.3, -0.25) is 4.90 Å². The number of alkyl halides is 1. The minimum Gasteiger partial charge on any atom is -0.295 e. The number of likely N-dealkylation sites (tertiary alicyclic amines) is 1. The first-order valence-corrected chi connectivity index (χ1v) is 4.55. The second kappa shape index (κ2) is 3.53. The van der Waals surface area contributed by atoms with Crippen molar-refractivity contribution in [3.05, 3.63) is 0 Å². The molecule has 1 unspecified atom stereocenters. The van der Waals surface area contributed by atoms with E-state index >= 15 is 0 Å². The Morgan fingerprint density at radius 3 is 2.55 bits per heavy atom. The van der Waals surface area contributed by atoms with E-state index < -0.39 is 6.17 Å². The van der Waals surface area contributed by atoms with Crippen LogP contribution in [0.15, 0.2) is 0 Å². The van der Waals surface area contributed by atoms with Crippen molar-refractivity contribution in [2.75, 3.05) is 6.54 Å². The molecule has 11 heavy (non-hydrogen) atoms. The zero-order chi connectivity index (χ0) is 8.43. The molecule has 1 heterocycles. The highest BCUT2D eigenvalue weighted by Gasteiger charge is 2.31. The van der Waals surface area contributed by atoms with Crippen LogP contribution in [0.5, 0.6) is 0 Å². The van der Waals surface area contributed by atoms with Crippen molar-refractivity contribution < 1.29 is 4.39 Å². The first kappa shape index (κ1) is 8.98. The topological polar surface area (TPSA) is 3.24 Å². The van der Waals surface area contributed by atoms with Gasteiger partial charge >= 0.3 is 0 Å². The molecule has 1 fully saturated rings. The molecule has 0 bridgehead atoms. The van der Waals surface area contributed by atoms with Gasteiger partial charge in [0.15, 0.2) is 0 Å². The normalized spacial score (nSPS) is 33.5. The molecule has 0 aromatic rings. The van der Waals surface area contributed by atoms with Gasteiger partial charge in [0.25, 0.3) is 0 Å². The van der Waals surface area contributed by atoms with Crippen LogP contribution in [0.25, 0.3) is 0 Å². The molecule has 0 spiro atoms. The maximum Gasteiger partial charge on any atom is 0.114 e. The Balaban J connectivity index is 2.50. The van der Waals surface area contributed by atoms with E-state index in [-0.39, 0.29) is 0 Å². The lowest BCUT2D eigenvalue weighted by Crippen LogP contribution is -2.35. The molecule has 0 amide bonds. The zero-order valence-electron chi connectivity index (χ0n) is 7.68. The summed E-state index contributed by atoms with van der Waals surface area (Å²) < 4.78 is 12.9. The van der Waals surface area contributed by atoms with Gasteiger partial charge in [0, 0.05) is 18.6 Å². The third-order valence-electron chi connectivity index (χ3n) is 2.54. The van der Waals surface area contributed by atoms with Gasteiger partial charge in [0.1, 0.15) is 6.17 Å². The third-order valence-corrected chi connectivity index (χ3v) is 2.54. The molecule has 2 atom stereocenters. The summed E-state index contributed by atoms with van der Waals surface area (Å²) in [6, 6.07) is 0.991. The fourth-order valence-corrected chi connectivity index (χ4v) is 1.92. The lowest BCUT2D eigenvalue weighted by atomic mass is 10.1. The minimum absolute atomic E-state index is 0.491. The zero-order valence-corrected chi connectivity index (χ0v) is 7.68. The molecular weight excluding hydrogens is 141 g/mol. The minimum atomic E-state index is -0.581. The second-order valence-corrected chi connectivity index (χ2v) is 3.69. The molecule has 0 N–H and O–H groups in total. The van der Waals surface area contributed by atoms with Crippen molar-refractivity contribution in [2.45, 2.75) is 51.9 Å². The van der Waals surface area contributed by atoms with Crippen LogP contribution in [-0.4, -0.2) is 29.7 Å². The fraction of sp³-hybridized carbons (Fsp3) is 1.00. The van der Waals surface area contributed by atoms with Gasteiger partial charge in [-0.25, -0.2) is 4.39 Å². The van der Waals surface area contributed by atoms with Crippen LogP contribution in [0.3, 0.4) is 0 Å². The van der Waals surface area contributed by atoms with Gasteiger partial charge in [-0.15, -0.1) is 0 Å². The van der Waals surface area contributed by atoms with E-state index in [1.807, 2.05) is 0 Å². The SMILES string of the molecule is CC[C@@H]1CC(F)CN1C(C)C. The fourth-order valence-electron chi connectivity index (χ4n) is 1.92. The predicted octanol–water partition coefficient (Wildman–Crippen LogP) is 2.22. The van der Waals surface area contributed by atoms with Gasteiger partial charge in [-0.1, -0.05) is 6.92 Å². The van der Waals surface area contributed by atoms with Gasteiger partial charge in [0.2, 0.25) is 0 Å². The second-order valence-electron chi connectivity index (χ2n) is 3.69. The number of rotatable bonds is 2. The molecule has 1 rings (SSSR count). The average molecular weight is 159 g/mol. The van der Waals surface area contributed by atoms with Gasteiger partial charge in [-0.2, -0.15) is 0 Å². The van der Waals surface area contributed by atoms with Gasteiger partial charge < -0.3 is 0 Å². The molecular formula is C9H18FN. The molecule has 0 aliphatic carbocycles. The summed E-state index contributed by atoms with van der Waals surface area (Å²) in [5, 5.41) is 0. The maximum atomic E-state index is 12.9. The molecule has 1 aliphatic rings. The van der Waals surface area contributed by atoms with E-state index in [0.717, 1.165) is 12.8 Å². The summed E-state index contributed by atoms with van der Waals surface area (Å²) >= 11 is 0. The highest BCUT2D eigenvalue weighted by Crippen LogP contribution is 2.24. The van der Waals surface area contributed by atoms with Crippen molar-refractivity contribution in [3.63, 3.8) is 0 Å². The summed E-state index contributed by atoms with van der Waals surface area (Å²) in [5.41, 5.74) is 0. The van der Waals surface area contributed by atoms with E-state index in [0.29, 0.717) is 18.6 Å². The lowest BCUT2D eigenvalue weighted by Gasteiger charge is -2.26. The van der Waals surface area contributed by atoms with Crippen LogP contribution in [0.2, 0.25) is 0 Å². The quantitative estimate of drug-likeness (QED) is 0.597. The molecule has 0 aromatic heterocycles. The standard InChI is InChI=1S/C9H18FN/c1-4-9-5-8(10)6-11(9)7(2)3/h7-9H,4-6H2,1-3H3/t8?,9-/m1/s1. The Kier molecular flexibility index (Phi) is 2.88. The Labute approximate surface area is 68.6 Å². The highest BCUT2D eigenvalue weighted by atomic mass is 19.1. The van der Waals surface area contributed by atoms with Gasteiger partial charge in [0.05, 0.1) is 0 Å². The molecule has 0 radical (unpaired) electrons. The summed E-state index contributed by atoms with van der Waals surface area (Å²) in [6.07, 6.45) is 1.25. The van der Waals surface area contributed by atoms with Crippen molar-refractivity contribution in [2.24, 2.45) is 0 Å². The predicted molar refractivity (Wildman–Crippen MR) is 45.4 cm³/mol. The number of nitrogens with zero attached hydrogens (tertiary/aromatic N) is 1. The number of hydrogen-bond acceptors (Lipinski definition) is 1. The van der Waals surface area contributed by atoms with E-state index in [9.17, 15) is 4.39 Å². The molecule has 0 saturated carbocycles. The molecule has 2 heteroatoms. The first-order chi connectivity index (χ1) is 5.15. The van der Waals surface area contributed by atoms with Crippen molar-refractivity contribution >= 4 is 0 Å². The lowest BCUT2D eigenvalue weighted by molar-refractivity contribution is 0.192. The number of halogens is 1. The summed E-state index contributed by atoms with van der Waals surface area (Å²) in [5.74, 6) is 0. The van der Waals surface area contributed by atoms with Crippen LogP contribution >= 0.6 is 0 Å². The monoisotopic (exact) mass is 159 g/mol. The van der Waals surface area contributed by atoms with Crippen molar-refractivity contribution in [1.82, 2.24) is 4.90 Å². The van der Waals surface area contributed by atoms with Gasteiger partial charge in [-0.05, 0) is 26.7 Å². The van der Waals surface area contributed by atoms with Crippen LogP contribution in [-0.2, 0) is 0 Å². The van der Waals surface area contributed by atoms with Crippen molar-refractivity contribution in [1.29, 1.82) is 0 Å². The molecule has 1 aliphatic heterocycles. The summed E-state index contributed by atoms with van der Waals surface area (Å²) in [6.45, 7) is 7.07. The van der Waals surface area contributed by atoms with E-state index in [1.165, 1.54) is 0 Å². The Bertz CT molecular complexity index is 125. The van der Waals surface area contributed by atoms with Crippen LogP contribution in [0, 0.1) is 0 Å². The molecule has 1 nitrogen and oxygen atoms in total.